The summed E-state index contributed by atoms with van der Waals surface area (Å²) in [6.07, 6.45) is 2.04. The summed E-state index contributed by atoms with van der Waals surface area (Å²) in [5.41, 5.74) is 2.28. The maximum absolute atomic E-state index is 12.5. The second kappa shape index (κ2) is 10.2. The highest BCUT2D eigenvalue weighted by Gasteiger charge is 2.36. The summed E-state index contributed by atoms with van der Waals surface area (Å²) in [6.45, 7) is 4.08. The lowest BCUT2D eigenvalue weighted by Crippen LogP contribution is -2.32. The maximum atomic E-state index is 12.5. The van der Waals surface area contributed by atoms with Gasteiger partial charge in [0.05, 0.1) is 0 Å². The molecule has 0 spiro atoms. The summed E-state index contributed by atoms with van der Waals surface area (Å²) >= 11 is 0. The Hall–Kier alpha value is -2.95. The molecule has 30 heavy (non-hydrogen) atoms. The second-order valence-corrected chi connectivity index (χ2v) is 7.36. The fourth-order valence-corrected chi connectivity index (χ4v) is 3.80. The predicted octanol–water partition coefficient (Wildman–Crippen LogP) is 3.87. The summed E-state index contributed by atoms with van der Waals surface area (Å²) in [5, 5.41) is 18.1. The first-order chi connectivity index (χ1) is 14.6. The van der Waals surface area contributed by atoms with Crippen LogP contribution in [0.25, 0.3) is 0 Å². The summed E-state index contributed by atoms with van der Waals surface area (Å²) in [7, 11) is 1.60. The molecule has 0 saturated carbocycles. The zero-order chi connectivity index (χ0) is 21.4. The minimum absolute atomic E-state index is 0.222. The van der Waals surface area contributed by atoms with Crippen LogP contribution in [0.3, 0.4) is 0 Å². The highest BCUT2D eigenvalue weighted by atomic mass is 16.3. The van der Waals surface area contributed by atoms with E-state index in [1.165, 1.54) is 5.56 Å². The molecule has 0 heterocycles. The molecule has 1 unspecified atom stereocenters. The first-order valence-electron chi connectivity index (χ1n) is 10.5. The summed E-state index contributed by atoms with van der Waals surface area (Å²) in [4.78, 5) is 12.5. The number of amides is 1. The molecule has 0 aliphatic rings. The molecule has 3 aromatic rings. The van der Waals surface area contributed by atoms with Gasteiger partial charge < -0.3 is 15.7 Å². The molecule has 3 rings (SSSR count). The Morgan fingerprint density at radius 1 is 0.900 bits per heavy atom. The van der Waals surface area contributed by atoms with E-state index in [0.29, 0.717) is 11.1 Å². The number of carbonyl (C=O) groups is 1. The van der Waals surface area contributed by atoms with Gasteiger partial charge in [0.15, 0.2) is 0 Å². The van der Waals surface area contributed by atoms with E-state index in [9.17, 15) is 9.90 Å². The molecule has 3 N–H and O–H groups in total. The number of hydrogen-bond donors (Lipinski definition) is 3. The molecule has 4 nitrogen and oxygen atoms in total. The normalized spacial score (nSPS) is 12.9. The van der Waals surface area contributed by atoms with Crippen LogP contribution in [0.4, 0.5) is 0 Å². The van der Waals surface area contributed by atoms with Crippen molar-refractivity contribution >= 4 is 5.91 Å². The molecule has 1 amide bonds. The molecule has 0 aromatic heterocycles. The molecule has 0 radical (unpaired) electrons. The van der Waals surface area contributed by atoms with Crippen LogP contribution in [-0.4, -0.2) is 31.2 Å². The van der Waals surface area contributed by atoms with Crippen molar-refractivity contribution in [1.29, 1.82) is 0 Å². The van der Waals surface area contributed by atoms with Crippen LogP contribution in [-0.2, 0) is 12.0 Å². The van der Waals surface area contributed by atoms with Crippen molar-refractivity contribution in [3.05, 3.63) is 107 Å². The average Bonchev–Trinajstić information content (AvgIpc) is 2.82. The van der Waals surface area contributed by atoms with Crippen molar-refractivity contribution in [2.24, 2.45) is 0 Å². The number of carbonyl (C=O) groups excluding carboxylic acids is 1. The number of aliphatic hydroxyl groups is 1. The Bertz CT molecular complexity index is 954. The molecule has 0 aliphatic heterocycles. The van der Waals surface area contributed by atoms with E-state index >= 15 is 0 Å². The lowest BCUT2D eigenvalue weighted by atomic mass is 9.78. The fourth-order valence-electron chi connectivity index (χ4n) is 3.80. The largest absolute Gasteiger partial charge is 0.376 e. The number of hydrogen-bond acceptors (Lipinski definition) is 3. The molecule has 0 saturated heterocycles. The van der Waals surface area contributed by atoms with E-state index in [4.69, 9.17) is 0 Å². The van der Waals surface area contributed by atoms with Crippen LogP contribution < -0.4 is 10.6 Å². The molecule has 156 valence electrons. The second-order valence-electron chi connectivity index (χ2n) is 7.36. The maximum Gasteiger partial charge on any atom is 0.251 e. The van der Waals surface area contributed by atoms with Gasteiger partial charge in [-0.3, -0.25) is 4.79 Å². The number of rotatable bonds is 9. The molecule has 0 aliphatic carbocycles. The van der Waals surface area contributed by atoms with Gasteiger partial charge >= 0.3 is 0 Å². The standard InChI is InChI=1S/C26H30N2O2/c1-3-28-19-9-10-20-15-17-22(18-16-20)26(30,21-11-5-4-6-12-21)24-14-8-7-13-23(24)25(29)27-2/h4-8,11-18,28,30H,3,9-10,19H2,1-2H3,(H,27,29). The first-order valence-corrected chi connectivity index (χ1v) is 10.5. The monoisotopic (exact) mass is 402 g/mol. The van der Waals surface area contributed by atoms with Crippen LogP contribution >= 0.6 is 0 Å². The van der Waals surface area contributed by atoms with Gasteiger partial charge in [-0.1, -0.05) is 79.7 Å². The molecular formula is C26H30N2O2. The summed E-state index contributed by atoms with van der Waals surface area (Å²) in [6, 6.07) is 24.8. The Morgan fingerprint density at radius 2 is 1.53 bits per heavy atom. The molecule has 0 bridgehead atoms. The minimum Gasteiger partial charge on any atom is -0.376 e. The zero-order valence-corrected chi connectivity index (χ0v) is 17.7. The highest BCUT2D eigenvalue weighted by Crippen LogP contribution is 2.38. The van der Waals surface area contributed by atoms with E-state index < -0.39 is 5.60 Å². The predicted molar refractivity (Wildman–Crippen MR) is 122 cm³/mol. The van der Waals surface area contributed by atoms with Crippen molar-refractivity contribution in [3.8, 4) is 0 Å². The van der Waals surface area contributed by atoms with E-state index in [-0.39, 0.29) is 5.91 Å². The van der Waals surface area contributed by atoms with Gasteiger partial charge in [0.2, 0.25) is 0 Å². The number of aryl methyl sites for hydroxylation is 1. The molecule has 4 heteroatoms. The lowest BCUT2D eigenvalue weighted by Gasteiger charge is -2.31. The van der Waals surface area contributed by atoms with Gasteiger partial charge in [-0.2, -0.15) is 0 Å². The van der Waals surface area contributed by atoms with Crippen molar-refractivity contribution in [2.75, 3.05) is 20.1 Å². The Balaban J connectivity index is 2.04. The Labute approximate surface area is 179 Å². The third-order valence-corrected chi connectivity index (χ3v) is 5.42. The van der Waals surface area contributed by atoms with Crippen LogP contribution in [0, 0.1) is 0 Å². The SMILES string of the molecule is CCNCCCc1ccc(C(O)(c2ccccc2)c2ccccc2C(=O)NC)cc1. The molecule has 1 atom stereocenters. The molecule has 3 aromatic carbocycles. The minimum atomic E-state index is -1.44. The molecular weight excluding hydrogens is 372 g/mol. The lowest BCUT2D eigenvalue weighted by molar-refractivity contribution is 0.0940. The zero-order valence-electron chi connectivity index (χ0n) is 17.7. The third kappa shape index (κ3) is 4.61. The fraction of sp³-hybridized carbons (Fsp3) is 0.269. The quantitative estimate of drug-likeness (QED) is 0.376. The van der Waals surface area contributed by atoms with Crippen molar-refractivity contribution in [2.45, 2.75) is 25.4 Å². The van der Waals surface area contributed by atoms with Crippen molar-refractivity contribution < 1.29 is 9.90 Å². The van der Waals surface area contributed by atoms with Gasteiger partial charge in [0.1, 0.15) is 5.60 Å². The van der Waals surface area contributed by atoms with Crippen LogP contribution in [0.15, 0.2) is 78.9 Å². The van der Waals surface area contributed by atoms with E-state index in [2.05, 4.69) is 29.7 Å². The average molecular weight is 403 g/mol. The van der Waals surface area contributed by atoms with E-state index in [0.717, 1.165) is 37.1 Å². The van der Waals surface area contributed by atoms with Crippen LogP contribution in [0.1, 0.15) is 46.0 Å². The third-order valence-electron chi connectivity index (χ3n) is 5.42. The van der Waals surface area contributed by atoms with Crippen LogP contribution in [0.2, 0.25) is 0 Å². The summed E-state index contributed by atoms with van der Waals surface area (Å²) in [5.74, 6) is -0.222. The highest BCUT2D eigenvalue weighted by molar-refractivity contribution is 5.96. The van der Waals surface area contributed by atoms with Crippen molar-refractivity contribution in [3.63, 3.8) is 0 Å². The van der Waals surface area contributed by atoms with Gasteiger partial charge in [0, 0.05) is 18.2 Å². The molecule has 0 fully saturated rings. The van der Waals surface area contributed by atoms with Gasteiger partial charge in [0.25, 0.3) is 5.91 Å². The summed E-state index contributed by atoms with van der Waals surface area (Å²) < 4.78 is 0. The Kier molecular flexibility index (Phi) is 7.39. The number of benzene rings is 3. The van der Waals surface area contributed by atoms with Gasteiger partial charge in [-0.15, -0.1) is 0 Å². The van der Waals surface area contributed by atoms with E-state index in [1.807, 2.05) is 60.7 Å². The van der Waals surface area contributed by atoms with Gasteiger partial charge in [-0.05, 0) is 48.7 Å². The van der Waals surface area contributed by atoms with Crippen molar-refractivity contribution in [1.82, 2.24) is 10.6 Å². The number of nitrogens with one attached hydrogen (secondary N) is 2. The smallest absolute Gasteiger partial charge is 0.251 e. The first kappa shape index (κ1) is 21.8. The van der Waals surface area contributed by atoms with Gasteiger partial charge in [-0.25, -0.2) is 0 Å². The van der Waals surface area contributed by atoms with E-state index in [1.54, 1.807) is 13.1 Å². The van der Waals surface area contributed by atoms with Crippen LogP contribution in [0.5, 0.6) is 0 Å². The topological polar surface area (TPSA) is 61.4 Å². The Morgan fingerprint density at radius 3 is 2.20 bits per heavy atom.